The third-order valence-electron chi connectivity index (χ3n) is 6.24. The van der Waals surface area contributed by atoms with Crippen LogP contribution in [-0.2, 0) is 0 Å². The molecule has 2 aliphatic rings. The highest BCUT2D eigenvalue weighted by Crippen LogP contribution is 2.66. The topological polar surface area (TPSA) is 56.8 Å². The molecule has 2 aliphatic carbocycles. The second kappa shape index (κ2) is 4.50. The molecule has 3 unspecified atom stereocenters. The number of fused-ring (bicyclic) bond motifs is 2. The van der Waals surface area contributed by atoms with Crippen LogP contribution in [0.1, 0.15) is 51.2 Å². The third kappa shape index (κ3) is 1.77. The van der Waals surface area contributed by atoms with E-state index in [-0.39, 0.29) is 16.9 Å². The monoisotopic (exact) mass is 280 g/mol. The van der Waals surface area contributed by atoms with E-state index in [1.54, 1.807) is 12.1 Å². The van der Waals surface area contributed by atoms with Crippen molar-refractivity contribution in [2.24, 2.45) is 16.7 Å². The van der Waals surface area contributed by atoms with E-state index >= 15 is 0 Å². The van der Waals surface area contributed by atoms with Gasteiger partial charge in [0.25, 0.3) is 0 Å². The molecule has 3 heteroatoms. The number of hydrogen-bond acceptors (Lipinski definition) is 3. The van der Waals surface area contributed by atoms with Crippen LogP contribution in [0, 0.1) is 39.4 Å². The Morgan fingerprint density at radius 3 is 2.48 bits per heavy atom. The minimum Gasteiger partial charge on any atom is -0.488 e. The summed E-state index contributed by atoms with van der Waals surface area (Å²) in [6.07, 6.45) is 3.62. The molecule has 2 fully saturated rings. The highest BCUT2D eigenvalue weighted by Gasteiger charge is 2.62. The number of nitrogens with zero attached hydrogens (tertiary/aromatic N) is 2. The molecule has 108 valence electrons. The molecule has 1 aromatic rings. The number of rotatable bonds is 2. The van der Waals surface area contributed by atoms with Crippen molar-refractivity contribution in [2.45, 2.75) is 46.1 Å². The van der Waals surface area contributed by atoms with E-state index in [0.717, 1.165) is 6.42 Å². The molecule has 0 amide bonds. The Kier molecular flexibility index (Phi) is 2.99. The molecule has 0 heterocycles. The maximum atomic E-state index is 9.32. The number of nitriles is 2. The molecule has 0 N–H and O–H groups in total. The molecule has 0 radical (unpaired) electrons. The van der Waals surface area contributed by atoms with Gasteiger partial charge >= 0.3 is 0 Å². The zero-order valence-corrected chi connectivity index (χ0v) is 12.8. The molecule has 2 bridgehead atoms. The van der Waals surface area contributed by atoms with Crippen LogP contribution in [0.5, 0.6) is 5.75 Å². The molecule has 0 saturated heterocycles. The third-order valence-corrected chi connectivity index (χ3v) is 6.24. The summed E-state index contributed by atoms with van der Waals surface area (Å²) in [5.74, 6) is 1.25. The van der Waals surface area contributed by atoms with E-state index < -0.39 is 0 Å². The summed E-state index contributed by atoms with van der Waals surface area (Å²) >= 11 is 0. The summed E-state index contributed by atoms with van der Waals surface area (Å²) in [4.78, 5) is 0. The van der Waals surface area contributed by atoms with Gasteiger partial charge in [0.05, 0.1) is 5.56 Å². The van der Waals surface area contributed by atoms with Gasteiger partial charge in [-0.15, -0.1) is 0 Å². The molecular formula is C18H20N2O. The van der Waals surface area contributed by atoms with Gasteiger partial charge in [-0.2, -0.15) is 10.5 Å². The average molecular weight is 280 g/mol. The second-order valence-electron chi connectivity index (χ2n) is 7.12. The Hall–Kier alpha value is -2.00. The first-order valence-corrected chi connectivity index (χ1v) is 7.54. The predicted octanol–water partition coefficient (Wildman–Crippen LogP) is 4.02. The first-order valence-electron chi connectivity index (χ1n) is 7.54. The lowest BCUT2D eigenvalue weighted by atomic mass is 9.70. The van der Waals surface area contributed by atoms with Gasteiger partial charge in [0.1, 0.15) is 29.6 Å². The maximum absolute atomic E-state index is 9.32. The normalized spacial score (nSPS) is 32.4. The SMILES string of the molecule is CC1(C)C2CCC1(C)C(Oc1cccc(C#N)c1C#N)C2. The van der Waals surface area contributed by atoms with Gasteiger partial charge in [0, 0.05) is 5.41 Å². The fourth-order valence-corrected chi connectivity index (χ4v) is 4.30. The van der Waals surface area contributed by atoms with E-state index in [2.05, 4.69) is 32.9 Å². The van der Waals surface area contributed by atoms with Crippen molar-refractivity contribution in [3.05, 3.63) is 29.3 Å². The van der Waals surface area contributed by atoms with Crippen molar-refractivity contribution in [2.75, 3.05) is 0 Å². The molecule has 2 saturated carbocycles. The van der Waals surface area contributed by atoms with E-state index in [0.29, 0.717) is 22.8 Å². The van der Waals surface area contributed by atoms with E-state index in [1.807, 2.05) is 6.07 Å². The standard InChI is InChI=1S/C18H20N2O/c1-17(2)13-7-8-18(17,3)16(9-13)21-15-6-4-5-12(10-19)14(15)11-20/h4-6,13,16H,7-9H2,1-3H3. The Balaban J connectivity index is 1.94. The minimum atomic E-state index is 0.132. The molecule has 21 heavy (non-hydrogen) atoms. The fraction of sp³-hybridized carbons (Fsp3) is 0.556. The zero-order valence-electron chi connectivity index (χ0n) is 12.8. The lowest BCUT2D eigenvalue weighted by Crippen LogP contribution is -2.39. The van der Waals surface area contributed by atoms with Crippen molar-refractivity contribution < 1.29 is 4.74 Å². The number of benzene rings is 1. The van der Waals surface area contributed by atoms with Crippen molar-refractivity contribution in [3.8, 4) is 17.9 Å². The zero-order chi connectivity index (χ0) is 15.3. The fourth-order valence-electron chi connectivity index (χ4n) is 4.30. The Morgan fingerprint density at radius 2 is 1.95 bits per heavy atom. The van der Waals surface area contributed by atoms with E-state index in [1.165, 1.54) is 12.8 Å². The van der Waals surface area contributed by atoms with Crippen LogP contribution in [0.3, 0.4) is 0 Å². The molecular weight excluding hydrogens is 260 g/mol. The molecule has 3 nitrogen and oxygen atoms in total. The molecule has 3 rings (SSSR count). The number of hydrogen-bond donors (Lipinski definition) is 0. The lowest BCUT2D eigenvalue weighted by Gasteiger charge is -2.39. The van der Waals surface area contributed by atoms with Crippen molar-refractivity contribution in [1.29, 1.82) is 10.5 Å². The summed E-state index contributed by atoms with van der Waals surface area (Å²) in [5.41, 5.74) is 1.18. The van der Waals surface area contributed by atoms with Crippen molar-refractivity contribution >= 4 is 0 Å². The van der Waals surface area contributed by atoms with Crippen LogP contribution in [0.2, 0.25) is 0 Å². The Morgan fingerprint density at radius 1 is 1.19 bits per heavy atom. The van der Waals surface area contributed by atoms with Gasteiger partial charge in [0.2, 0.25) is 0 Å². The summed E-state index contributed by atoms with van der Waals surface area (Å²) < 4.78 is 6.24. The number of ether oxygens (including phenoxy) is 1. The van der Waals surface area contributed by atoms with E-state index in [4.69, 9.17) is 10.00 Å². The molecule has 0 aromatic heterocycles. The van der Waals surface area contributed by atoms with Crippen LogP contribution in [0.15, 0.2) is 18.2 Å². The molecule has 3 atom stereocenters. The van der Waals surface area contributed by atoms with Crippen LogP contribution >= 0.6 is 0 Å². The highest BCUT2D eigenvalue weighted by molar-refractivity contribution is 5.54. The molecule has 0 aliphatic heterocycles. The highest BCUT2D eigenvalue weighted by atomic mass is 16.5. The van der Waals surface area contributed by atoms with Crippen LogP contribution in [-0.4, -0.2) is 6.10 Å². The smallest absolute Gasteiger partial charge is 0.138 e. The Bertz CT molecular complexity index is 665. The average Bonchev–Trinajstić information content (AvgIpc) is 2.80. The van der Waals surface area contributed by atoms with Gasteiger partial charge in [-0.05, 0) is 42.7 Å². The van der Waals surface area contributed by atoms with Gasteiger partial charge in [0.15, 0.2) is 0 Å². The molecule has 1 aromatic carbocycles. The Labute approximate surface area is 126 Å². The van der Waals surface area contributed by atoms with Gasteiger partial charge < -0.3 is 4.74 Å². The summed E-state index contributed by atoms with van der Waals surface area (Å²) in [5, 5.41) is 18.4. The second-order valence-corrected chi connectivity index (χ2v) is 7.12. The summed E-state index contributed by atoms with van der Waals surface area (Å²) in [6, 6.07) is 9.45. The van der Waals surface area contributed by atoms with Gasteiger partial charge in [-0.1, -0.05) is 26.8 Å². The van der Waals surface area contributed by atoms with Gasteiger partial charge in [-0.25, -0.2) is 0 Å². The van der Waals surface area contributed by atoms with Crippen molar-refractivity contribution in [3.63, 3.8) is 0 Å². The minimum absolute atomic E-state index is 0.132. The largest absolute Gasteiger partial charge is 0.488 e. The van der Waals surface area contributed by atoms with E-state index in [9.17, 15) is 5.26 Å². The first-order chi connectivity index (χ1) is 9.94. The maximum Gasteiger partial charge on any atom is 0.138 e. The first kappa shape index (κ1) is 14.0. The van der Waals surface area contributed by atoms with Gasteiger partial charge in [-0.3, -0.25) is 0 Å². The van der Waals surface area contributed by atoms with Crippen LogP contribution < -0.4 is 4.74 Å². The van der Waals surface area contributed by atoms with Crippen LogP contribution in [0.4, 0.5) is 0 Å². The predicted molar refractivity (Wildman–Crippen MR) is 79.5 cm³/mol. The summed E-state index contributed by atoms with van der Waals surface area (Å²) in [7, 11) is 0. The van der Waals surface area contributed by atoms with Crippen LogP contribution in [0.25, 0.3) is 0 Å². The quantitative estimate of drug-likeness (QED) is 0.822. The molecule has 0 spiro atoms. The summed E-state index contributed by atoms with van der Waals surface area (Å²) in [6.45, 7) is 6.99. The lowest BCUT2D eigenvalue weighted by molar-refractivity contribution is 0.0300. The van der Waals surface area contributed by atoms with Crippen molar-refractivity contribution in [1.82, 2.24) is 0 Å².